The highest BCUT2D eigenvalue weighted by molar-refractivity contribution is 7.98. The highest BCUT2D eigenvalue weighted by atomic mass is 35.5. The molecule has 3 aromatic rings. The van der Waals surface area contributed by atoms with Gasteiger partial charge in [0.1, 0.15) is 0 Å². The van der Waals surface area contributed by atoms with Crippen molar-refractivity contribution in [2.24, 2.45) is 0 Å². The smallest absolute Gasteiger partial charge is 0.258 e. The van der Waals surface area contributed by atoms with Crippen LogP contribution >= 0.6 is 23.4 Å². The highest BCUT2D eigenvalue weighted by Crippen LogP contribution is 2.32. The molecule has 0 bridgehead atoms. The van der Waals surface area contributed by atoms with Gasteiger partial charge in [-0.2, -0.15) is 0 Å². The van der Waals surface area contributed by atoms with E-state index < -0.39 is 10.7 Å². The molecule has 0 unspecified atom stereocenters. The van der Waals surface area contributed by atoms with Gasteiger partial charge < -0.3 is 0 Å². The van der Waals surface area contributed by atoms with E-state index in [-0.39, 0.29) is 5.69 Å². The standard InChI is InChI=1S/C14H9ClN4O4S/c15-10-3-1-9(2-4-10)8-24-13-6-5-11(7-12(13)19(21)22)18-16-14(20)23-17-18/h1-7H,8H2/p+1. The van der Waals surface area contributed by atoms with Gasteiger partial charge in [-0.05, 0) is 23.8 Å². The molecule has 0 saturated carbocycles. The van der Waals surface area contributed by atoms with Crippen LogP contribution in [0.15, 0.2) is 56.7 Å². The molecule has 0 aliphatic rings. The van der Waals surface area contributed by atoms with Crippen LogP contribution < -0.4 is 10.6 Å². The van der Waals surface area contributed by atoms with Gasteiger partial charge in [0.15, 0.2) is 0 Å². The Labute approximate surface area is 144 Å². The summed E-state index contributed by atoms with van der Waals surface area (Å²) < 4.78 is 4.38. The number of nitrogens with one attached hydrogen (secondary N) is 1. The summed E-state index contributed by atoms with van der Waals surface area (Å²) in [5.41, 5.74) is 1.24. The number of benzene rings is 2. The maximum Gasteiger partial charge on any atom is 0.493 e. The largest absolute Gasteiger partial charge is 0.493 e. The lowest BCUT2D eigenvalue weighted by atomic mass is 10.2. The zero-order chi connectivity index (χ0) is 17.1. The van der Waals surface area contributed by atoms with Crippen molar-refractivity contribution in [2.45, 2.75) is 10.6 Å². The number of aromatic amines is 1. The lowest BCUT2D eigenvalue weighted by Gasteiger charge is -2.03. The Hall–Kier alpha value is -2.65. The number of rotatable bonds is 5. The molecule has 0 aliphatic heterocycles. The van der Waals surface area contributed by atoms with Crippen LogP contribution in [0.5, 0.6) is 0 Å². The number of thioether (sulfide) groups is 1. The van der Waals surface area contributed by atoms with E-state index in [9.17, 15) is 14.9 Å². The van der Waals surface area contributed by atoms with Gasteiger partial charge in [0.05, 0.1) is 20.7 Å². The maximum absolute atomic E-state index is 11.3. The molecular weight excluding hydrogens is 356 g/mol. The number of nitro groups is 1. The van der Waals surface area contributed by atoms with Crippen LogP contribution in [-0.4, -0.2) is 15.3 Å². The molecule has 8 nitrogen and oxygen atoms in total. The maximum atomic E-state index is 11.3. The quantitative estimate of drug-likeness (QED) is 0.322. The van der Waals surface area contributed by atoms with E-state index in [4.69, 9.17) is 11.6 Å². The van der Waals surface area contributed by atoms with Gasteiger partial charge in [0.25, 0.3) is 11.4 Å². The molecule has 0 spiro atoms. The van der Waals surface area contributed by atoms with E-state index in [2.05, 4.69) is 14.9 Å². The summed E-state index contributed by atoms with van der Waals surface area (Å²) in [6, 6.07) is 11.8. The first-order valence-electron chi connectivity index (χ1n) is 6.67. The van der Waals surface area contributed by atoms with Crippen molar-refractivity contribution < 1.29 is 14.2 Å². The number of nitro benzene ring substituents is 1. The average molecular weight is 366 g/mol. The van der Waals surface area contributed by atoms with E-state index in [0.29, 0.717) is 21.4 Å². The monoisotopic (exact) mass is 365 g/mol. The van der Waals surface area contributed by atoms with Gasteiger partial charge in [-0.25, -0.2) is 9.32 Å². The Morgan fingerprint density at radius 3 is 2.67 bits per heavy atom. The molecule has 1 N–H and O–H groups in total. The Morgan fingerprint density at radius 2 is 2.04 bits per heavy atom. The molecule has 10 heteroatoms. The third-order valence-corrected chi connectivity index (χ3v) is 4.48. The number of nitrogens with zero attached hydrogens (tertiary/aromatic N) is 3. The van der Waals surface area contributed by atoms with Crippen molar-refractivity contribution in [3.8, 4) is 5.69 Å². The number of hydrogen-bond acceptors (Lipinski definition) is 6. The number of hydrogen-bond donors (Lipinski definition) is 1. The van der Waals surface area contributed by atoms with E-state index in [0.717, 1.165) is 10.4 Å². The summed E-state index contributed by atoms with van der Waals surface area (Å²) in [5, 5.41) is 17.7. The second-order valence-corrected chi connectivity index (χ2v) is 6.16. The van der Waals surface area contributed by atoms with E-state index in [1.54, 1.807) is 24.3 Å². The van der Waals surface area contributed by atoms with Crippen molar-refractivity contribution in [1.82, 2.24) is 10.4 Å². The van der Waals surface area contributed by atoms with Crippen molar-refractivity contribution in [1.29, 1.82) is 0 Å². The molecule has 0 radical (unpaired) electrons. The first-order chi connectivity index (χ1) is 11.5. The molecule has 1 aromatic heterocycles. The van der Waals surface area contributed by atoms with Crippen molar-refractivity contribution >= 4 is 29.1 Å². The summed E-state index contributed by atoms with van der Waals surface area (Å²) >= 11 is 7.17. The first-order valence-corrected chi connectivity index (χ1v) is 8.04. The van der Waals surface area contributed by atoms with Gasteiger partial charge in [-0.1, -0.05) is 28.8 Å². The first kappa shape index (κ1) is 16.2. The topological polar surface area (TPSA) is 106 Å². The lowest BCUT2D eigenvalue weighted by Crippen LogP contribution is -2.37. The SMILES string of the molecule is O=c1[nH][n+](-c2ccc(SCc3ccc(Cl)cc3)c([N+](=O)[O-])c2)no1. The second kappa shape index (κ2) is 6.85. The predicted molar refractivity (Wildman–Crippen MR) is 86.3 cm³/mol. The Morgan fingerprint density at radius 1 is 1.29 bits per heavy atom. The van der Waals surface area contributed by atoms with E-state index in [1.165, 1.54) is 17.8 Å². The summed E-state index contributed by atoms with van der Waals surface area (Å²) in [7, 11) is 0. The molecule has 0 saturated heterocycles. The van der Waals surface area contributed by atoms with Crippen LogP contribution in [0.1, 0.15) is 5.56 Å². The van der Waals surface area contributed by atoms with Crippen molar-refractivity contribution in [2.75, 3.05) is 0 Å². The zero-order valence-electron chi connectivity index (χ0n) is 12.0. The minimum atomic E-state index is -0.751. The fourth-order valence-corrected chi connectivity index (χ4v) is 3.05. The third-order valence-electron chi connectivity index (χ3n) is 3.09. The van der Waals surface area contributed by atoms with Gasteiger partial charge in [0, 0.05) is 16.8 Å². The Balaban J connectivity index is 1.86. The van der Waals surface area contributed by atoms with Gasteiger partial charge in [-0.15, -0.1) is 11.8 Å². The lowest BCUT2D eigenvalue weighted by molar-refractivity contribution is -0.725. The molecule has 1 heterocycles. The normalized spacial score (nSPS) is 10.7. The molecule has 122 valence electrons. The molecule has 0 fully saturated rings. The molecule has 24 heavy (non-hydrogen) atoms. The molecular formula is C14H10ClN4O4S+. The van der Waals surface area contributed by atoms with Crippen LogP contribution in [0.25, 0.3) is 5.69 Å². The molecule has 2 aromatic carbocycles. The molecule has 3 rings (SSSR count). The molecule has 0 amide bonds. The van der Waals surface area contributed by atoms with Crippen LogP contribution in [0, 0.1) is 10.1 Å². The van der Waals surface area contributed by atoms with E-state index in [1.807, 2.05) is 12.1 Å². The van der Waals surface area contributed by atoms with Crippen LogP contribution in [-0.2, 0) is 5.75 Å². The van der Waals surface area contributed by atoms with Crippen LogP contribution in [0.3, 0.4) is 0 Å². The van der Waals surface area contributed by atoms with E-state index >= 15 is 0 Å². The summed E-state index contributed by atoms with van der Waals surface area (Å²) in [6.45, 7) is 0. The van der Waals surface area contributed by atoms with Crippen molar-refractivity contribution in [3.05, 3.63) is 73.7 Å². The average Bonchev–Trinajstić information content (AvgIpc) is 3.00. The number of halogens is 1. The predicted octanol–water partition coefficient (Wildman–Crippen LogP) is 2.49. The summed E-state index contributed by atoms with van der Waals surface area (Å²) in [5.74, 6) is -0.190. The summed E-state index contributed by atoms with van der Waals surface area (Å²) in [4.78, 5) is 23.4. The Kier molecular flexibility index (Phi) is 4.63. The van der Waals surface area contributed by atoms with Gasteiger partial charge in [-0.3, -0.25) is 10.1 Å². The van der Waals surface area contributed by atoms with Gasteiger partial charge in [0.2, 0.25) is 5.27 Å². The Bertz CT molecular complexity index is 938. The van der Waals surface area contributed by atoms with Crippen molar-refractivity contribution in [3.63, 3.8) is 0 Å². The fraction of sp³-hybridized carbons (Fsp3) is 0.0714. The second-order valence-electron chi connectivity index (χ2n) is 4.71. The molecule has 0 aliphatic carbocycles. The minimum Gasteiger partial charge on any atom is -0.258 e. The minimum absolute atomic E-state index is 0.0807. The summed E-state index contributed by atoms with van der Waals surface area (Å²) in [6.07, 6.45) is 0. The van der Waals surface area contributed by atoms with Crippen LogP contribution in [0.2, 0.25) is 5.02 Å². The zero-order valence-corrected chi connectivity index (χ0v) is 13.6. The number of aromatic nitrogens is 3. The highest BCUT2D eigenvalue weighted by Gasteiger charge is 2.22. The van der Waals surface area contributed by atoms with Crippen LogP contribution in [0.4, 0.5) is 5.69 Å². The number of H-pyrrole nitrogens is 1. The fourth-order valence-electron chi connectivity index (χ4n) is 1.96. The van der Waals surface area contributed by atoms with Gasteiger partial charge >= 0.3 is 5.76 Å². The third kappa shape index (κ3) is 3.63. The molecule has 0 atom stereocenters.